The number of fused-ring (bicyclic) bond motifs is 1. The Bertz CT molecular complexity index is 639. The van der Waals surface area contributed by atoms with Crippen molar-refractivity contribution in [1.29, 1.82) is 0 Å². The number of nitrogens with one attached hydrogen (secondary N) is 1. The first kappa shape index (κ1) is 13.9. The Morgan fingerprint density at radius 1 is 1.52 bits per heavy atom. The molecule has 1 N–H and O–H groups in total. The maximum absolute atomic E-state index is 12.5. The molecule has 112 valence electrons. The van der Waals surface area contributed by atoms with E-state index in [9.17, 15) is 4.79 Å². The standard InChI is InChI=1S/C15H20N4O2/c1-9(14-10(2)18-21-11(14)3)15(20)17-12-4-5-13-16-6-7-19(13)8-12/h6-7,9,12H,4-5,8H2,1-3H3,(H,17,20)/t9-,12+/m0/s1. The number of aryl methyl sites for hydroxylation is 3. The highest BCUT2D eigenvalue weighted by Gasteiger charge is 2.26. The second-order valence-electron chi connectivity index (χ2n) is 5.70. The average Bonchev–Trinajstić information content (AvgIpc) is 3.04. The summed E-state index contributed by atoms with van der Waals surface area (Å²) < 4.78 is 7.26. The van der Waals surface area contributed by atoms with E-state index in [1.54, 1.807) is 0 Å². The van der Waals surface area contributed by atoms with Gasteiger partial charge in [-0.15, -0.1) is 0 Å². The quantitative estimate of drug-likeness (QED) is 0.933. The number of carbonyl (C=O) groups excluding carboxylic acids is 1. The van der Waals surface area contributed by atoms with Gasteiger partial charge in [0.15, 0.2) is 0 Å². The lowest BCUT2D eigenvalue weighted by molar-refractivity contribution is -0.123. The fourth-order valence-electron chi connectivity index (χ4n) is 3.05. The predicted octanol–water partition coefficient (Wildman–Crippen LogP) is 1.72. The SMILES string of the molecule is Cc1noc(C)c1[C@H](C)C(=O)N[C@@H]1CCc2nccn2C1. The van der Waals surface area contributed by atoms with Gasteiger partial charge < -0.3 is 14.4 Å². The van der Waals surface area contributed by atoms with Gasteiger partial charge in [0.2, 0.25) is 5.91 Å². The van der Waals surface area contributed by atoms with Crippen molar-refractivity contribution in [3.05, 3.63) is 35.2 Å². The number of rotatable bonds is 3. The first-order valence-electron chi connectivity index (χ1n) is 7.29. The maximum Gasteiger partial charge on any atom is 0.227 e. The van der Waals surface area contributed by atoms with Crippen LogP contribution >= 0.6 is 0 Å². The molecule has 0 fully saturated rings. The van der Waals surface area contributed by atoms with Crippen molar-refractivity contribution >= 4 is 5.91 Å². The van der Waals surface area contributed by atoms with Crippen molar-refractivity contribution in [2.75, 3.05) is 0 Å². The Balaban J connectivity index is 1.67. The van der Waals surface area contributed by atoms with Crippen molar-refractivity contribution in [2.24, 2.45) is 0 Å². The van der Waals surface area contributed by atoms with Crippen molar-refractivity contribution in [1.82, 2.24) is 20.0 Å². The molecule has 0 saturated heterocycles. The van der Waals surface area contributed by atoms with E-state index >= 15 is 0 Å². The molecule has 6 nitrogen and oxygen atoms in total. The normalized spacial score (nSPS) is 19.1. The van der Waals surface area contributed by atoms with Crippen LogP contribution in [0.4, 0.5) is 0 Å². The molecular formula is C15H20N4O2. The molecule has 1 aliphatic rings. The Hall–Kier alpha value is -2.11. The van der Waals surface area contributed by atoms with Gasteiger partial charge in [-0.1, -0.05) is 5.16 Å². The van der Waals surface area contributed by atoms with E-state index in [0.717, 1.165) is 42.2 Å². The number of carbonyl (C=O) groups is 1. The van der Waals surface area contributed by atoms with Crippen LogP contribution in [0.5, 0.6) is 0 Å². The number of hydrogen-bond acceptors (Lipinski definition) is 4. The molecule has 0 spiro atoms. The van der Waals surface area contributed by atoms with Crippen LogP contribution in [0.3, 0.4) is 0 Å². The van der Waals surface area contributed by atoms with E-state index in [0.29, 0.717) is 0 Å². The van der Waals surface area contributed by atoms with Crippen LogP contribution in [0.25, 0.3) is 0 Å². The number of nitrogens with zero attached hydrogens (tertiary/aromatic N) is 3. The second kappa shape index (κ2) is 5.35. The summed E-state index contributed by atoms with van der Waals surface area (Å²) in [6.07, 6.45) is 5.60. The minimum absolute atomic E-state index is 0.0259. The van der Waals surface area contributed by atoms with E-state index in [2.05, 4.69) is 20.0 Å². The largest absolute Gasteiger partial charge is 0.361 e. The van der Waals surface area contributed by atoms with Gasteiger partial charge in [0.25, 0.3) is 0 Å². The highest BCUT2D eigenvalue weighted by Crippen LogP contribution is 2.24. The third-order valence-electron chi connectivity index (χ3n) is 4.20. The van der Waals surface area contributed by atoms with Crippen molar-refractivity contribution < 1.29 is 9.32 Å². The molecule has 1 aliphatic heterocycles. The first-order chi connectivity index (χ1) is 10.1. The molecular weight excluding hydrogens is 268 g/mol. The Morgan fingerprint density at radius 3 is 3.05 bits per heavy atom. The summed E-state index contributed by atoms with van der Waals surface area (Å²) in [4.78, 5) is 16.8. The molecule has 0 aliphatic carbocycles. The van der Waals surface area contributed by atoms with Gasteiger partial charge in [-0.05, 0) is 27.2 Å². The molecule has 0 unspecified atom stereocenters. The molecule has 3 rings (SSSR count). The topological polar surface area (TPSA) is 73.0 Å². The lowest BCUT2D eigenvalue weighted by atomic mass is 9.97. The highest BCUT2D eigenvalue weighted by atomic mass is 16.5. The van der Waals surface area contributed by atoms with E-state index in [-0.39, 0.29) is 17.9 Å². The van der Waals surface area contributed by atoms with E-state index in [1.807, 2.05) is 33.2 Å². The highest BCUT2D eigenvalue weighted by molar-refractivity contribution is 5.84. The van der Waals surface area contributed by atoms with Crippen LogP contribution in [-0.2, 0) is 17.8 Å². The molecule has 0 aromatic carbocycles. The fourth-order valence-corrected chi connectivity index (χ4v) is 3.05. The van der Waals surface area contributed by atoms with Crippen LogP contribution in [0.2, 0.25) is 0 Å². The summed E-state index contributed by atoms with van der Waals surface area (Å²) in [6.45, 7) is 6.40. The molecule has 2 aromatic rings. The zero-order chi connectivity index (χ0) is 15.0. The van der Waals surface area contributed by atoms with Gasteiger partial charge in [0, 0.05) is 37.0 Å². The molecule has 2 atom stereocenters. The third-order valence-corrected chi connectivity index (χ3v) is 4.20. The van der Waals surface area contributed by atoms with Gasteiger partial charge in [-0.2, -0.15) is 0 Å². The van der Waals surface area contributed by atoms with Crippen LogP contribution in [0, 0.1) is 13.8 Å². The summed E-state index contributed by atoms with van der Waals surface area (Å²) in [5.41, 5.74) is 1.68. The van der Waals surface area contributed by atoms with Crippen LogP contribution in [0.15, 0.2) is 16.9 Å². The summed E-state index contributed by atoms with van der Waals surface area (Å²) in [5.74, 6) is 1.59. The molecule has 1 amide bonds. The van der Waals surface area contributed by atoms with Gasteiger partial charge in [-0.3, -0.25) is 4.79 Å². The molecule has 0 saturated carbocycles. The number of imidazole rings is 1. The lowest BCUT2D eigenvalue weighted by Crippen LogP contribution is -2.42. The predicted molar refractivity (Wildman–Crippen MR) is 76.9 cm³/mol. The Morgan fingerprint density at radius 2 is 2.33 bits per heavy atom. The average molecular weight is 288 g/mol. The summed E-state index contributed by atoms with van der Waals surface area (Å²) in [7, 11) is 0. The molecule has 0 bridgehead atoms. The molecule has 3 heterocycles. The zero-order valence-electron chi connectivity index (χ0n) is 12.6. The maximum atomic E-state index is 12.5. The minimum atomic E-state index is -0.250. The number of hydrogen-bond donors (Lipinski definition) is 1. The van der Waals surface area contributed by atoms with Crippen LogP contribution in [-0.4, -0.2) is 26.7 Å². The van der Waals surface area contributed by atoms with E-state index < -0.39 is 0 Å². The molecule has 6 heteroatoms. The third kappa shape index (κ3) is 2.57. The van der Waals surface area contributed by atoms with E-state index in [4.69, 9.17) is 4.52 Å². The summed E-state index contributed by atoms with van der Waals surface area (Å²) in [5, 5.41) is 7.06. The van der Waals surface area contributed by atoms with Crippen molar-refractivity contribution in [3.8, 4) is 0 Å². The number of aromatic nitrogens is 3. The molecule has 21 heavy (non-hydrogen) atoms. The minimum Gasteiger partial charge on any atom is -0.361 e. The zero-order valence-corrected chi connectivity index (χ0v) is 12.6. The van der Waals surface area contributed by atoms with Crippen molar-refractivity contribution in [3.63, 3.8) is 0 Å². The molecule has 0 radical (unpaired) electrons. The fraction of sp³-hybridized carbons (Fsp3) is 0.533. The number of amides is 1. The first-order valence-corrected chi connectivity index (χ1v) is 7.29. The Kier molecular flexibility index (Phi) is 3.53. The van der Waals surface area contributed by atoms with Gasteiger partial charge >= 0.3 is 0 Å². The smallest absolute Gasteiger partial charge is 0.227 e. The van der Waals surface area contributed by atoms with E-state index in [1.165, 1.54) is 0 Å². The van der Waals surface area contributed by atoms with Crippen LogP contribution < -0.4 is 5.32 Å². The van der Waals surface area contributed by atoms with Gasteiger partial charge in [-0.25, -0.2) is 4.98 Å². The van der Waals surface area contributed by atoms with Gasteiger partial charge in [0.1, 0.15) is 11.6 Å². The second-order valence-corrected chi connectivity index (χ2v) is 5.70. The summed E-state index contributed by atoms with van der Waals surface area (Å²) >= 11 is 0. The monoisotopic (exact) mass is 288 g/mol. The van der Waals surface area contributed by atoms with Gasteiger partial charge in [0.05, 0.1) is 11.6 Å². The summed E-state index contributed by atoms with van der Waals surface area (Å²) in [6, 6.07) is 0.155. The van der Waals surface area contributed by atoms with Crippen molar-refractivity contribution in [2.45, 2.75) is 52.1 Å². The van der Waals surface area contributed by atoms with Crippen LogP contribution in [0.1, 0.15) is 42.1 Å². The molecule has 2 aromatic heterocycles. The Labute approximate surface area is 123 Å². The lowest BCUT2D eigenvalue weighted by Gasteiger charge is -2.26.